The molecule has 0 aliphatic rings. The molecule has 0 saturated heterocycles. The predicted octanol–water partition coefficient (Wildman–Crippen LogP) is 12.0. The lowest BCUT2D eigenvalue weighted by atomic mass is 9.83. The highest BCUT2D eigenvalue weighted by Gasteiger charge is 2.21. The molecule has 0 unspecified atom stereocenters. The van der Waals surface area contributed by atoms with Crippen LogP contribution in [0.3, 0.4) is 0 Å². The summed E-state index contributed by atoms with van der Waals surface area (Å²) in [4.78, 5) is 0. The molecule has 9 aromatic rings. The third-order valence-electron chi connectivity index (χ3n) is 7.29. The smallest absolute Gasteiger partial charge is 0.143 e. The molecule has 0 spiro atoms. The quantitative estimate of drug-likeness (QED) is 0.193. The first-order valence-electron chi connectivity index (χ1n) is 24.4. The molecule has 0 aliphatic heterocycles. The molecule has 1 heterocycles. The molecule has 0 aliphatic carbocycles. The summed E-state index contributed by atoms with van der Waals surface area (Å²) in [5.41, 5.74) is -3.53. The second-order valence-corrected chi connectivity index (χ2v) is 9.49. The van der Waals surface area contributed by atoms with Crippen molar-refractivity contribution >= 4 is 54.3 Å². The van der Waals surface area contributed by atoms with Crippen LogP contribution in [-0.4, -0.2) is 0 Å². The summed E-state index contributed by atoms with van der Waals surface area (Å²) >= 11 is 0. The lowest BCUT2D eigenvalue weighted by Crippen LogP contribution is -1.92. The third kappa shape index (κ3) is 3.58. The second-order valence-electron chi connectivity index (χ2n) is 9.49. The molecule has 0 saturated carbocycles. The highest BCUT2D eigenvalue weighted by atomic mass is 16.3. The van der Waals surface area contributed by atoms with Crippen LogP contribution in [0.15, 0.2) is 162 Å². The lowest BCUT2D eigenvalue weighted by molar-refractivity contribution is 0.670. The molecule has 1 aromatic heterocycles. The van der Waals surface area contributed by atoms with E-state index < -0.39 is 194 Å². The van der Waals surface area contributed by atoms with Gasteiger partial charge < -0.3 is 4.42 Å². The van der Waals surface area contributed by atoms with E-state index in [9.17, 15) is 9.60 Å². The van der Waals surface area contributed by atoms with Crippen molar-refractivity contribution < 1.29 is 35.9 Å². The zero-order valence-electron chi connectivity index (χ0n) is 44.6. The number of furan rings is 1. The summed E-state index contributed by atoms with van der Waals surface area (Å²) in [6.07, 6.45) is 0. The highest BCUT2D eigenvalue weighted by molar-refractivity contribution is 6.26. The summed E-state index contributed by atoms with van der Waals surface area (Å²) in [5.74, 6) is 0. The monoisotopic (exact) mass is 569 g/mol. The first kappa shape index (κ1) is 10.6. The van der Waals surface area contributed by atoms with Crippen molar-refractivity contribution in [2.75, 3.05) is 0 Å². The minimum absolute atomic E-state index is 0.0616. The standard InChI is InChI=1S/C42H26O/c1-2-13-27(14-3-1)28-25-26-36(30-16-5-4-15-29(28)30)40-32-18-6-8-20-34(32)41(35-21-9-7-19-33(35)40)38-23-12-22-37-31-17-10-11-24-39(31)43-42(37)38/h1-26H/i1D,2D,3D,4D,5D,6D,7D,8D,9D,10D,11D,13D,14D,15D,16D,17D,18D,19D,20D,21D,24D,25D,26D. The average Bonchev–Trinajstić information content (AvgIpc) is 3.70. The van der Waals surface area contributed by atoms with Crippen LogP contribution in [0.25, 0.3) is 87.6 Å². The van der Waals surface area contributed by atoms with Crippen LogP contribution >= 0.6 is 0 Å². The number of hydrogen-bond acceptors (Lipinski definition) is 1. The fourth-order valence-corrected chi connectivity index (χ4v) is 5.54. The van der Waals surface area contributed by atoms with Gasteiger partial charge in [0.05, 0.1) is 31.5 Å². The van der Waals surface area contributed by atoms with Gasteiger partial charge >= 0.3 is 0 Å². The van der Waals surface area contributed by atoms with Crippen LogP contribution in [0.5, 0.6) is 0 Å². The van der Waals surface area contributed by atoms with Crippen LogP contribution in [-0.2, 0) is 0 Å². The fourth-order valence-electron chi connectivity index (χ4n) is 5.54. The molecular formula is C42H26O. The van der Waals surface area contributed by atoms with E-state index in [1.165, 1.54) is 18.2 Å². The molecule has 43 heavy (non-hydrogen) atoms. The molecule has 200 valence electrons. The van der Waals surface area contributed by atoms with Gasteiger partial charge in [-0.05, 0) is 60.6 Å². The topological polar surface area (TPSA) is 13.1 Å². The van der Waals surface area contributed by atoms with Gasteiger partial charge in [-0.15, -0.1) is 0 Å². The van der Waals surface area contributed by atoms with Crippen LogP contribution in [0.4, 0.5) is 0 Å². The Bertz CT molecular complexity index is 3690. The van der Waals surface area contributed by atoms with Crippen LogP contribution < -0.4 is 0 Å². The zero-order valence-corrected chi connectivity index (χ0v) is 21.6. The summed E-state index contributed by atoms with van der Waals surface area (Å²) < 4.78 is 211. The lowest BCUT2D eigenvalue weighted by Gasteiger charge is -2.19. The Morgan fingerprint density at radius 3 is 1.51 bits per heavy atom. The van der Waals surface area contributed by atoms with Gasteiger partial charge in [0.15, 0.2) is 0 Å². The SMILES string of the molecule is [2H]c1c([2H])c([2H])c(-c2c([2H])c([2H])c(-c3c4c([2H])c([2H])c([2H])c([2H])c4c(-c4cccc5c4oc4c([2H])c([2H])c([2H])c([2H])c45)c4c([2H])c([2H])c([2H])c([2H])c34)c3c([2H])c([2H])c([2H])c([2H])c23)c([2H])c1[2H]. The molecule has 0 radical (unpaired) electrons. The minimum atomic E-state index is -0.979. The molecule has 9 rings (SSSR count). The average molecular weight is 570 g/mol. The molecule has 1 nitrogen and oxygen atoms in total. The maximum absolute atomic E-state index is 9.68. The molecule has 0 amide bonds. The summed E-state index contributed by atoms with van der Waals surface area (Å²) in [5, 5.41) is -3.29. The molecular weight excluding hydrogens is 520 g/mol. The van der Waals surface area contributed by atoms with E-state index in [2.05, 4.69) is 0 Å². The zero-order chi connectivity index (χ0) is 48.3. The first-order valence-corrected chi connectivity index (χ1v) is 12.9. The van der Waals surface area contributed by atoms with Gasteiger partial charge in [0, 0.05) is 21.9 Å². The third-order valence-corrected chi connectivity index (χ3v) is 7.29. The molecule has 0 N–H and O–H groups in total. The number of benzene rings is 8. The number of hydrogen-bond donors (Lipinski definition) is 0. The maximum atomic E-state index is 9.68. The Labute approximate surface area is 281 Å². The Morgan fingerprint density at radius 1 is 0.372 bits per heavy atom. The Balaban J connectivity index is 1.64. The molecule has 8 aromatic carbocycles. The molecule has 0 atom stereocenters. The van der Waals surface area contributed by atoms with Crippen LogP contribution in [0.1, 0.15) is 31.5 Å². The molecule has 0 fully saturated rings. The summed E-state index contributed by atoms with van der Waals surface area (Å²) in [6.45, 7) is 0. The maximum Gasteiger partial charge on any atom is 0.143 e. The number of rotatable bonds is 3. The van der Waals surface area contributed by atoms with Gasteiger partial charge in [0.25, 0.3) is 0 Å². The van der Waals surface area contributed by atoms with E-state index in [4.69, 9.17) is 26.3 Å². The number of para-hydroxylation sites is 2. The van der Waals surface area contributed by atoms with E-state index in [1.807, 2.05) is 0 Å². The van der Waals surface area contributed by atoms with Crippen molar-refractivity contribution in [2.45, 2.75) is 0 Å². The Hall–Kier alpha value is -5.66. The van der Waals surface area contributed by atoms with E-state index in [0.29, 0.717) is 0 Å². The van der Waals surface area contributed by atoms with Crippen LogP contribution in [0.2, 0.25) is 0 Å². The second kappa shape index (κ2) is 9.44. The highest BCUT2D eigenvalue weighted by Crippen LogP contribution is 2.48. The van der Waals surface area contributed by atoms with Gasteiger partial charge in [-0.2, -0.15) is 0 Å². The first-order chi connectivity index (χ1) is 30.9. The van der Waals surface area contributed by atoms with E-state index in [1.54, 1.807) is 0 Å². The Kier molecular flexibility index (Phi) is 2.32. The predicted molar refractivity (Wildman–Crippen MR) is 183 cm³/mol. The van der Waals surface area contributed by atoms with Gasteiger partial charge in [0.2, 0.25) is 0 Å². The van der Waals surface area contributed by atoms with Crippen molar-refractivity contribution in [1.29, 1.82) is 0 Å². The van der Waals surface area contributed by atoms with Gasteiger partial charge in [-0.1, -0.05) is 151 Å². The van der Waals surface area contributed by atoms with Crippen LogP contribution in [0, 0.1) is 0 Å². The van der Waals surface area contributed by atoms with Crippen molar-refractivity contribution in [3.05, 3.63) is 157 Å². The van der Waals surface area contributed by atoms with E-state index in [0.717, 1.165) is 0 Å². The number of fused-ring (bicyclic) bond motifs is 6. The normalized spacial score (nSPS) is 19.2. The van der Waals surface area contributed by atoms with Crippen molar-refractivity contribution in [1.82, 2.24) is 0 Å². The van der Waals surface area contributed by atoms with Crippen molar-refractivity contribution in [3.63, 3.8) is 0 Å². The summed E-state index contributed by atoms with van der Waals surface area (Å²) in [7, 11) is 0. The fraction of sp³-hybridized carbons (Fsp3) is 0. The molecule has 0 bridgehead atoms. The largest absolute Gasteiger partial charge is 0.455 e. The Morgan fingerprint density at radius 2 is 0.860 bits per heavy atom. The van der Waals surface area contributed by atoms with Gasteiger partial charge in [0.1, 0.15) is 11.2 Å². The van der Waals surface area contributed by atoms with Gasteiger partial charge in [-0.25, -0.2) is 0 Å². The van der Waals surface area contributed by atoms with Crippen molar-refractivity contribution in [3.8, 4) is 33.4 Å². The molecule has 1 heteroatoms. The van der Waals surface area contributed by atoms with E-state index >= 15 is 0 Å². The minimum Gasteiger partial charge on any atom is -0.455 e. The van der Waals surface area contributed by atoms with E-state index in [-0.39, 0.29) is 33.1 Å². The summed E-state index contributed by atoms with van der Waals surface area (Å²) in [6, 6.07) is -14.6. The van der Waals surface area contributed by atoms with Gasteiger partial charge in [-0.3, -0.25) is 0 Å². The van der Waals surface area contributed by atoms with Crippen molar-refractivity contribution in [2.24, 2.45) is 0 Å².